The van der Waals surface area contributed by atoms with E-state index in [0.717, 1.165) is 29.5 Å². The van der Waals surface area contributed by atoms with E-state index in [4.69, 9.17) is 0 Å². The van der Waals surface area contributed by atoms with Crippen LogP contribution in [-0.2, 0) is 4.79 Å². The van der Waals surface area contributed by atoms with Crippen LogP contribution in [0.1, 0.15) is 30.0 Å². The van der Waals surface area contributed by atoms with Gasteiger partial charge in [0.15, 0.2) is 0 Å². The van der Waals surface area contributed by atoms with Gasteiger partial charge >= 0.3 is 0 Å². The van der Waals surface area contributed by atoms with Gasteiger partial charge in [0, 0.05) is 36.5 Å². The molecule has 2 atom stereocenters. The van der Waals surface area contributed by atoms with E-state index in [9.17, 15) is 4.79 Å². The van der Waals surface area contributed by atoms with Gasteiger partial charge in [-0.05, 0) is 18.6 Å². The van der Waals surface area contributed by atoms with Crippen LogP contribution in [0.2, 0.25) is 0 Å². The van der Waals surface area contributed by atoms with Gasteiger partial charge in [-0.25, -0.2) is 4.98 Å². The van der Waals surface area contributed by atoms with E-state index in [1.807, 2.05) is 11.8 Å². The average Bonchev–Trinajstić information content (AvgIpc) is 2.86. The van der Waals surface area contributed by atoms with Crippen LogP contribution < -0.4 is 0 Å². The summed E-state index contributed by atoms with van der Waals surface area (Å²) in [6.07, 6.45) is 0.660. The molecule has 0 aromatic carbocycles. The molecule has 1 aromatic rings. The quantitative estimate of drug-likeness (QED) is 0.852. The van der Waals surface area contributed by atoms with E-state index in [0.29, 0.717) is 18.3 Å². The van der Waals surface area contributed by atoms with E-state index in [1.54, 1.807) is 11.3 Å². The topological polar surface area (TPSA) is 33.2 Å². The van der Waals surface area contributed by atoms with Crippen molar-refractivity contribution in [2.24, 2.45) is 5.92 Å². The van der Waals surface area contributed by atoms with Crippen molar-refractivity contribution in [1.29, 1.82) is 0 Å². The summed E-state index contributed by atoms with van der Waals surface area (Å²) in [4.78, 5) is 18.2. The number of carbonyl (C=O) groups is 1. The molecule has 2 unspecified atom stereocenters. The minimum absolute atomic E-state index is 0.268. The number of likely N-dealkylation sites (tertiary alicyclic amines) is 1. The lowest BCUT2D eigenvalue weighted by Gasteiger charge is -2.19. The molecular formula is C12H18N2OS2. The van der Waals surface area contributed by atoms with Gasteiger partial charge in [0.1, 0.15) is 0 Å². The zero-order valence-electron chi connectivity index (χ0n) is 10.2. The van der Waals surface area contributed by atoms with Crippen LogP contribution in [0.15, 0.2) is 5.38 Å². The second kappa shape index (κ2) is 5.40. The summed E-state index contributed by atoms with van der Waals surface area (Å²) in [5.41, 5.74) is 1.07. The molecule has 1 amide bonds. The molecule has 1 aliphatic rings. The number of carbonyl (C=O) groups excluding carboxylic acids is 1. The van der Waals surface area contributed by atoms with E-state index in [-0.39, 0.29) is 5.91 Å². The molecule has 94 valence electrons. The SMILES string of the molecule is Cc1csc(C(C)CN2CC(CS)CC2=O)n1. The first kappa shape index (κ1) is 12.9. The average molecular weight is 270 g/mol. The lowest BCUT2D eigenvalue weighted by molar-refractivity contribution is -0.127. The number of thiazole rings is 1. The second-order valence-electron chi connectivity index (χ2n) is 4.78. The minimum atomic E-state index is 0.268. The third-order valence-corrected chi connectivity index (χ3v) is 4.82. The predicted octanol–water partition coefficient (Wildman–Crippen LogP) is 2.33. The Balaban J connectivity index is 1.95. The van der Waals surface area contributed by atoms with Gasteiger partial charge in [-0.3, -0.25) is 4.79 Å². The summed E-state index contributed by atoms with van der Waals surface area (Å²) in [7, 11) is 0. The Morgan fingerprint density at radius 3 is 3.00 bits per heavy atom. The minimum Gasteiger partial charge on any atom is -0.342 e. The summed E-state index contributed by atoms with van der Waals surface area (Å²) < 4.78 is 0. The van der Waals surface area contributed by atoms with Crippen LogP contribution in [0.3, 0.4) is 0 Å². The predicted molar refractivity (Wildman–Crippen MR) is 73.8 cm³/mol. The van der Waals surface area contributed by atoms with Crippen LogP contribution in [-0.4, -0.2) is 34.6 Å². The van der Waals surface area contributed by atoms with Crippen LogP contribution >= 0.6 is 24.0 Å². The van der Waals surface area contributed by atoms with Gasteiger partial charge in [-0.2, -0.15) is 12.6 Å². The fourth-order valence-corrected chi connectivity index (χ4v) is 3.25. The van der Waals surface area contributed by atoms with Gasteiger partial charge in [0.2, 0.25) is 5.91 Å². The maximum Gasteiger partial charge on any atom is 0.222 e. The maximum atomic E-state index is 11.8. The molecule has 0 spiro atoms. The van der Waals surface area contributed by atoms with Gasteiger partial charge < -0.3 is 4.90 Å². The molecule has 0 saturated carbocycles. The molecule has 17 heavy (non-hydrogen) atoms. The van der Waals surface area contributed by atoms with Crippen molar-refractivity contribution in [2.75, 3.05) is 18.8 Å². The fourth-order valence-electron chi connectivity index (χ4n) is 2.16. The molecule has 0 aliphatic carbocycles. The number of rotatable bonds is 4. The number of thiol groups is 1. The Morgan fingerprint density at radius 2 is 2.47 bits per heavy atom. The number of amides is 1. The Bertz CT molecular complexity index is 405. The molecule has 5 heteroatoms. The van der Waals surface area contributed by atoms with Crippen molar-refractivity contribution in [3.05, 3.63) is 16.1 Å². The first-order valence-electron chi connectivity index (χ1n) is 5.90. The number of hydrogen-bond acceptors (Lipinski definition) is 4. The lowest BCUT2D eigenvalue weighted by Crippen LogP contribution is -2.29. The normalized spacial score (nSPS) is 22.2. The smallest absolute Gasteiger partial charge is 0.222 e. The molecule has 1 saturated heterocycles. The maximum absolute atomic E-state index is 11.8. The Labute approximate surface area is 112 Å². The zero-order valence-corrected chi connectivity index (χ0v) is 11.9. The largest absolute Gasteiger partial charge is 0.342 e. The number of aryl methyl sites for hydroxylation is 1. The summed E-state index contributed by atoms with van der Waals surface area (Å²) in [6.45, 7) is 5.79. The summed E-state index contributed by atoms with van der Waals surface area (Å²) in [5.74, 6) is 1.82. The van der Waals surface area contributed by atoms with Gasteiger partial charge in [0.25, 0.3) is 0 Å². The Morgan fingerprint density at radius 1 is 1.71 bits per heavy atom. The third kappa shape index (κ3) is 3.01. The molecular weight excluding hydrogens is 252 g/mol. The van der Waals surface area contributed by atoms with Crippen molar-refractivity contribution in [3.8, 4) is 0 Å². The third-order valence-electron chi connectivity index (χ3n) is 3.11. The van der Waals surface area contributed by atoms with E-state index >= 15 is 0 Å². The Kier molecular flexibility index (Phi) is 4.09. The monoisotopic (exact) mass is 270 g/mol. The van der Waals surface area contributed by atoms with Gasteiger partial charge in [-0.15, -0.1) is 11.3 Å². The van der Waals surface area contributed by atoms with Crippen molar-refractivity contribution in [1.82, 2.24) is 9.88 Å². The molecule has 0 bridgehead atoms. The number of aromatic nitrogens is 1. The molecule has 0 N–H and O–H groups in total. The van der Waals surface area contributed by atoms with Crippen molar-refractivity contribution < 1.29 is 4.79 Å². The fraction of sp³-hybridized carbons (Fsp3) is 0.667. The highest BCUT2D eigenvalue weighted by Gasteiger charge is 2.29. The highest BCUT2D eigenvalue weighted by Crippen LogP contribution is 2.25. The lowest BCUT2D eigenvalue weighted by atomic mass is 10.1. The van der Waals surface area contributed by atoms with Crippen LogP contribution in [0.25, 0.3) is 0 Å². The molecule has 1 fully saturated rings. The van der Waals surface area contributed by atoms with E-state index in [2.05, 4.69) is 29.9 Å². The van der Waals surface area contributed by atoms with Crippen LogP contribution in [0, 0.1) is 12.8 Å². The van der Waals surface area contributed by atoms with E-state index < -0.39 is 0 Å². The van der Waals surface area contributed by atoms with E-state index in [1.165, 1.54) is 0 Å². The summed E-state index contributed by atoms with van der Waals surface area (Å²) in [5, 5.41) is 3.19. The first-order chi connectivity index (χ1) is 8.10. The van der Waals surface area contributed by atoms with Crippen molar-refractivity contribution >= 4 is 29.9 Å². The highest BCUT2D eigenvalue weighted by atomic mass is 32.1. The molecule has 0 radical (unpaired) electrons. The molecule has 1 aliphatic heterocycles. The highest BCUT2D eigenvalue weighted by molar-refractivity contribution is 7.80. The molecule has 2 heterocycles. The Hall–Kier alpha value is -0.550. The first-order valence-corrected chi connectivity index (χ1v) is 7.42. The van der Waals surface area contributed by atoms with Crippen LogP contribution in [0.4, 0.5) is 0 Å². The molecule has 2 rings (SSSR count). The molecule has 3 nitrogen and oxygen atoms in total. The summed E-state index contributed by atoms with van der Waals surface area (Å²) >= 11 is 5.96. The van der Waals surface area contributed by atoms with Crippen molar-refractivity contribution in [3.63, 3.8) is 0 Å². The molecule has 1 aromatic heterocycles. The number of hydrogen-bond donors (Lipinski definition) is 1. The summed E-state index contributed by atoms with van der Waals surface area (Å²) in [6, 6.07) is 0. The van der Waals surface area contributed by atoms with Crippen LogP contribution in [0.5, 0.6) is 0 Å². The van der Waals surface area contributed by atoms with Gasteiger partial charge in [0.05, 0.1) is 5.01 Å². The number of nitrogens with zero attached hydrogens (tertiary/aromatic N) is 2. The van der Waals surface area contributed by atoms with Crippen molar-refractivity contribution in [2.45, 2.75) is 26.2 Å². The standard InChI is InChI=1S/C12H18N2OS2/c1-8(12-13-9(2)7-17-12)4-14-5-10(6-16)3-11(14)15/h7-8,10,16H,3-6H2,1-2H3. The zero-order chi connectivity index (χ0) is 12.4. The second-order valence-corrected chi connectivity index (χ2v) is 6.03. The van der Waals surface area contributed by atoms with Gasteiger partial charge in [-0.1, -0.05) is 6.92 Å².